The minimum absolute atomic E-state index is 0.133. The molecule has 2 amide bonds. The number of benzene rings is 2. The minimum atomic E-state index is -0.412. The van der Waals surface area contributed by atoms with Gasteiger partial charge >= 0.3 is 0 Å². The van der Waals surface area contributed by atoms with Gasteiger partial charge in [0.25, 0.3) is 5.91 Å². The molecule has 0 saturated heterocycles. The zero-order valence-electron chi connectivity index (χ0n) is 12.6. The molecule has 2 aromatic carbocycles. The van der Waals surface area contributed by atoms with Gasteiger partial charge in [-0.05, 0) is 42.5 Å². The first-order valence-corrected chi connectivity index (χ1v) is 9.61. The van der Waals surface area contributed by atoms with E-state index >= 15 is 0 Å². The Morgan fingerprint density at radius 3 is 2.52 bits per heavy atom. The molecule has 25 heavy (non-hydrogen) atoms. The van der Waals surface area contributed by atoms with Gasteiger partial charge in [-0.1, -0.05) is 35.0 Å². The highest BCUT2D eigenvalue weighted by Crippen LogP contribution is 2.30. The van der Waals surface area contributed by atoms with Crippen molar-refractivity contribution in [2.75, 3.05) is 5.75 Å². The van der Waals surface area contributed by atoms with E-state index in [1.165, 1.54) is 23.1 Å². The smallest absolute Gasteiger partial charge is 0.269 e. The van der Waals surface area contributed by atoms with Crippen LogP contribution >= 0.6 is 46.3 Å². The van der Waals surface area contributed by atoms with Gasteiger partial charge in [0.1, 0.15) is 0 Å². The number of hydrazine groups is 1. The molecule has 2 N–H and O–H groups in total. The van der Waals surface area contributed by atoms with Crippen LogP contribution in [-0.4, -0.2) is 22.6 Å². The number of carbonyl (C=O) groups is 2. The van der Waals surface area contributed by atoms with Crippen LogP contribution in [0.1, 0.15) is 10.4 Å². The molecular formula is C16H11Cl2N3O2S2. The number of fused-ring (bicyclic) bond motifs is 1. The summed E-state index contributed by atoms with van der Waals surface area (Å²) in [6.45, 7) is 0. The predicted octanol–water partition coefficient (Wildman–Crippen LogP) is 4.16. The summed E-state index contributed by atoms with van der Waals surface area (Å²) in [5, 5.41) is 1.16. The topological polar surface area (TPSA) is 71.1 Å². The number of halogens is 2. The van der Waals surface area contributed by atoms with E-state index in [9.17, 15) is 9.59 Å². The Bertz CT molecular complexity index is 929. The van der Waals surface area contributed by atoms with Crippen molar-refractivity contribution in [2.24, 2.45) is 0 Å². The summed E-state index contributed by atoms with van der Waals surface area (Å²) >= 11 is 14.5. The zero-order valence-corrected chi connectivity index (χ0v) is 15.7. The molecule has 1 heterocycles. The van der Waals surface area contributed by atoms with Crippen molar-refractivity contribution < 1.29 is 9.59 Å². The van der Waals surface area contributed by atoms with Crippen LogP contribution in [0.25, 0.3) is 10.2 Å². The number of carbonyl (C=O) groups excluding carboxylic acids is 2. The fraction of sp³-hybridized carbons (Fsp3) is 0.0625. The third kappa shape index (κ3) is 4.85. The average Bonchev–Trinajstić information content (AvgIpc) is 3.00. The highest BCUT2D eigenvalue weighted by Gasteiger charge is 2.10. The lowest BCUT2D eigenvalue weighted by Gasteiger charge is -2.06. The maximum atomic E-state index is 11.9. The fourth-order valence-corrected chi connectivity index (χ4v) is 4.05. The van der Waals surface area contributed by atoms with Gasteiger partial charge < -0.3 is 0 Å². The average molecular weight is 412 g/mol. The van der Waals surface area contributed by atoms with Crippen LogP contribution in [0.4, 0.5) is 0 Å². The molecular weight excluding hydrogens is 401 g/mol. The summed E-state index contributed by atoms with van der Waals surface area (Å²) in [6, 6.07) is 11.8. The standard InChI is InChI=1S/C16H11Cl2N3O2S2/c17-10-3-1-9(2-4-10)15(23)21-20-14(22)8-24-16-19-12-7-11(18)5-6-13(12)25-16/h1-7H,8H2,(H,20,22)(H,21,23). The van der Waals surface area contributed by atoms with E-state index in [2.05, 4.69) is 15.8 Å². The Hall–Kier alpha value is -1.80. The Morgan fingerprint density at radius 2 is 1.76 bits per heavy atom. The van der Waals surface area contributed by atoms with Crippen molar-refractivity contribution in [3.63, 3.8) is 0 Å². The second kappa shape index (κ2) is 8.05. The van der Waals surface area contributed by atoms with E-state index in [1.54, 1.807) is 36.4 Å². The molecule has 128 valence electrons. The number of hydrogen-bond acceptors (Lipinski definition) is 5. The van der Waals surface area contributed by atoms with Crippen LogP contribution in [0.15, 0.2) is 46.8 Å². The van der Waals surface area contributed by atoms with E-state index in [4.69, 9.17) is 23.2 Å². The van der Waals surface area contributed by atoms with Crippen LogP contribution in [-0.2, 0) is 4.79 Å². The summed E-state index contributed by atoms with van der Waals surface area (Å²) in [5.74, 6) is -0.608. The number of thiazole rings is 1. The minimum Gasteiger partial charge on any atom is -0.272 e. The Balaban J connectivity index is 1.50. The van der Waals surface area contributed by atoms with Gasteiger partial charge in [-0.3, -0.25) is 20.4 Å². The van der Waals surface area contributed by atoms with Crippen LogP contribution in [0.2, 0.25) is 10.0 Å². The fourth-order valence-electron chi connectivity index (χ4n) is 1.90. The molecule has 0 aliphatic carbocycles. The van der Waals surface area contributed by atoms with Gasteiger partial charge in [0, 0.05) is 15.6 Å². The van der Waals surface area contributed by atoms with Crippen molar-refractivity contribution >= 4 is 68.3 Å². The first-order chi connectivity index (χ1) is 12.0. The van der Waals surface area contributed by atoms with E-state index < -0.39 is 5.91 Å². The SMILES string of the molecule is O=C(CSc1nc2cc(Cl)ccc2s1)NNC(=O)c1ccc(Cl)cc1. The van der Waals surface area contributed by atoms with E-state index in [0.717, 1.165) is 14.6 Å². The van der Waals surface area contributed by atoms with Crippen molar-refractivity contribution in [1.29, 1.82) is 0 Å². The van der Waals surface area contributed by atoms with Crippen molar-refractivity contribution in [3.05, 3.63) is 58.1 Å². The number of amides is 2. The summed E-state index contributed by atoms with van der Waals surface area (Å²) < 4.78 is 1.76. The molecule has 1 aromatic heterocycles. The highest BCUT2D eigenvalue weighted by molar-refractivity contribution is 8.01. The molecule has 5 nitrogen and oxygen atoms in total. The Kier molecular flexibility index (Phi) is 5.80. The first-order valence-electron chi connectivity index (χ1n) is 7.05. The molecule has 3 rings (SSSR count). The van der Waals surface area contributed by atoms with Crippen LogP contribution < -0.4 is 10.9 Å². The van der Waals surface area contributed by atoms with Crippen molar-refractivity contribution in [1.82, 2.24) is 15.8 Å². The van der Waals surface area contributed by atoms with E-state index in [0.29, 0.717) is 15.6 Å². The summed E-state index contributed by atoms with van der Waals surface area (Å²) in [5.41, 5.74) is 5.94. The number of nitrogens with one attached hydrogen (secondary N) is 2. The predicted molar refractivity (Wildman–Crippen MR) is 102 cm³/mol. The molecule has 0 saturated carbocycles. The van der Waals surface area contributed by atoms with Crippen LogP contribution in [0, 0.1) is 0 Å². The molecule has 0 fully saturated rings. The van der Waals surface area contributed by atoms with Crippen LogP contribution in [0.3, 0.4) is 0 Å². The summed E-state index contributed by atoms with van der Waals surface area (Å²) in [6.07, 6.45) is 0. The molecule has 0 radical (unpaired) electrons. The first kappa shape index (κ1) is 18.0. The lowest BCUT2D eigenvalue weighted by atomic mass is 10.2. The van der Waals surface area contributed by atoms with Crippen molar-refractivity contribution in [3.8, 4) is 0 Å². The van der Waals surface area contributed by atoms with Gasteiger partial charge in [0.15, 0.2) is 4.34 Å². The summed E-state index contributed by atoms with van der Waals surface area (Å²) in [4.78, 5) is 28.2. The molecule has 0 aliphatic heterocycles. The van der Waals surface area contributed by atoms with E-state index in [-0.39, 0.29) is 11.7 Å². The van der Waals surface area contributed by atoms with Crippen molar-refractivity contribution in [2.45, 2.75) is 4.34 Å². The second-order valence-electron chi connectivity index (χ2n) is 4.89. The third-order valence-corrected chi connectivity index (χ3v) is 5.75. The van der Waals surface area contributed by atoms with Gasteiger partial charge in [0.2, 0.25) is 5.91 Å². The molecule has 9 heteroatoms. The molecule has 0 spiro atoms. The zero-order chi connectivity index (χ0) is 17.8. The Morgan fingerprint density at radius 1 is 1.04 bits per heavy atom. The van der Waals surface area contributed by atoms with E-state index in [1.807, 2.05) is 6.07 Å². The highest BCUT2D eigenvalue weighted by atomic mass is 35.5. The lowest BCUT2D eigenvalue weighted by Crippen LogP contribution is -2.42. The maximum Gasteiger partial charge on any atom is 0.269 e. The largest absolute Gasteiger partial charge is 0.272 e. The molecule has 3 aromatic rings. The monoisotopic (exact) mass is 411 g/mol. The summed E-state index contributed by atoms with van der Waals surface area (Å²) in [7, 11) is 0. The van der Waals surface area contributed by atoms with Gasteiger partial charge in [-0.2, -0.15) is 0 Å². The second-order valence-corrected chi connectivity index (χ2v) is 8.02. The number of nitrogens with zero attached hydrogens (tertiary/aromatic N) is 1. The molecule has 0 aliphatic rings. The van der Waals surface area contributed by atoms with Crippen LogP contribution in [0.5, 0.6) is 0 Å². The van der Waals surface area contributed by atoms with Gasteiger partial charge in [-0.25, -0.2) is 4.98 Å². The number of rotatable bonds is 4. The van der Waals surface area contributed by atoms with Gasteiger partial charge in [-0.15, -0.1) is 11.3 Å². The lowest BCUT2D eigenvalue weighted by molar-refractivity contribution is -0.119. The maximum absolute atomic E-state index is 11.9. The number of hydrogen-bond donors (Lipinski definition) is 2. The third-order valence-electron chi connectivity index (χ3n) is 3.08. The van der Waals surface area contributed by atoms with Gasteiger partial charge in [0.05, 0.1) is 16.0 Å². The number of aromatic nitrogens is 1. The molecule has 0 bridgehead atoms. The Labute approximate surface area is 161 Å². The molecule has 0 atom stereocenters. The molecule has 0 unspecified atom stereocenters. The number of thioether (sulfide) groups is 1. The normalized spacial score (nSPS) is 10.6. The quantitative estimate of drug-likeness (QED) is 0.499.